The minimum absolute atomic E-state index is 0.0436. The lowest BCUT2D eigenvalue weighted by atomic mass is 10.1. The standard InChI is InChI=1S/C12H18N2O4/c1-14(6-8(13)7-18-2)12(17)10-5-9(15)3-4-11(10)16/h3-5,8,15-16H,6-7,13H2,1-2H3. The van der Waals surface area contributed by atoms with Crippen LogP contribution in [-0.4, -0.2) is 54.4 Å². The molecular weight excluding hydrogens is 236 g/mol. The van der Waals surface area contributed by atoms with E-state index in [4.69, 9.17) is 10.5 Å². The van der Waals surface area contributed by atoms with Crippen LogP contribution in [0.1, 0.15) is 10.4 Å². The topological polar surface area (TPSA) is 96.0 Å². The molecule has 0 aromatic heterocycles. The van der Waals surface area contributed by atoms with Gasteiger partial charge in [0.05, 0.1) is 12.2 Å². The Hall–Kier alpha value is -1.79. The molecule has 0 aliphatic carbocycles. The van der Waals surface area contributed by atoms with Gasteiger partial charge in [0, 0.05) is 26.7 Å². The van der Waals surface area contributed by atoms with E-state index in [0.29, 0.717) is 13.2 Å². The molecule has 1 amide bonds. The Morgan fingerprint density at radius 2 is 2.17 bits per heavy atom. The molecule has 4 N–H and O–H groups in total. The molecule has 0 saturated carbocycles. The first-order chi connectivity index (χ1) is 8.45. The fourth-order valence-corrected chi connectivity index (χ4v) is 1.60. The molecule has 0 radical (unpaired) electrons. The first-order valence-electron chi connectivity index (χ1n) is 5.47. The summed E-state index contributed by atoms with van der Waals surface area (Å²) in [7, 11) is 3.10. The maximum atomic E-state index is 12.0. The van der Waals surface area contributed by atoms with Crippen molar-refractivity contribution >= 4 is 5.91 Å². The van der Waals surface area contributed by atoms with Gasteiger partial charge in [-0.05, 0) is 18.2 Å². The van der Waals surface area contributed by atoms with Gasteiger partial charge in [0.2, 0.25) is 0 Å². The van der Waals surface area contributed by atoms with Crippen molar-refractivity contribution in [2.45, 2.75) is 6.04 Å². The van der Waals surface area contributed by atoms with Crippen molar-refractivity contribution in [1.82, 2.24) is 4.90 Å². The van der Waals surface area contributed by atoms with Gasteiger partial charge in [-0.3, -0.25) is 4.79 Å². The third-order valence-corrected chi connectivity index (χ3v) is 2.45. The summed E-state index contributed by atoms with van der Waals surface area (Å²) >= 11 is 0. The molecule has 0 aliphatic heterocycles. The van der Waals surface area contributed by atoms with Crippen molar-refractivity contribution in [3.8, 4) is 11.5 Å². The van der Waals surface area contributed by atoms with Crippen molar-refractivity contribution in [3.05, 3.63) is 23.8 Å². The van der Waals surface area contributed by atoms with E-state index in [9.17, 15) is 15.0 Å². The fourth-order valence-electron chi connectivity index (χ4n) is 1.60. The van der Waals surface area contributed by atoms with E-state index < -0.39 is 5.91 Å². The SMILES string of the molecule is COCC(N)CN(C)C(=O)c1cc(O)ccc1O. The third-order valence-electron chi connectivity index (χ3n) is 2.45. The quantitative estimate of drug-likeness (QED) is 0.650. The fraction of sp³-hybridized carbons (Fsp3) is 0.417. The molecule has 6 heteroatoms. The highest BCUT2D eigenvalue weighted by atomic mass is 16.5. The van der Waals surface area contributed by atoms with Gasteiger partial charge in [-0.2, -0.15) is 0 Å². The van der Waals surface area contributed by atoms with Crippen LogP contribution in [0.4, 0.5) is 0 Å². The molecule has 0 spiro atoms. The molecule has 0 saturated heterocycles. The lowest BCUT2D eigenvalue weighted by Gasteiger charge is -2.21. The molecule has 0 fully saturated rings. The number of aromatic hydroxyl groups is 2. The Kier molecular flexibility index (Phi) is 4.94. The van der Waals surface area contributed by atoms with Crippen LogP contribution in [0.2, 0.25) is 0 Å². The Balaban J connectivity index is 2.77. The second kappa shape index (κ2) is 6.23. The first kappa shape index (κ1) is 14.3. The van der Waals surface area contributed by atoms with Gasteiger partial charge in [0.15, 0.2) is 0 Å². The number of hydrogen-bond donors (Lipinski definition) is 3. The summed E-state index contributed by atoms with van der Waals surface area (Å²) in [5.41, 5.74) is 5.78. The van der Waals surface area contributed by atoms with Gasteiger partial charge in [-0.25, -0.2) is 0 Å². The van der Waals surface area contributed by atoms with Crippen LogP contribution in [0.3, 0.4) is 0 Å². The number of benzene rings is 1. The molecule has 0 aliphatic rings. The molecule has 0 bridgehead atoms. The summed E-state index contributed by atoms with van der Waals surface area (Å²) in [4.78, 5) is 13.4. The van der Waals surface area contributed by atoms with Crippen LogP contribution >= 0.6 is 0 Å². The predicted octanol–water partition coefficient (Wildman–Crippen LogP) is 0.143. The van der Waals surface area contributed by atoms with E-state index in [1.165, 1.54) is 30.2 Å². The summed E-state index contributed by atoms with van der Waals surface area (Å²) in [6, 6.07) is 3.49. The number of ether oxygens (including phenoxy) is 1. The predicted molar refractivity (Wildman–Crippen MR) is 66.6 cm³/mol. The minimum Gasteiger partial charge on any atom is -0.508 e. The van der Waals surface area contributed by atoms with Crippen LogP contribution < -0.4 is 5.73 Å². The zero-order valence-electron chi connectivity index (χ0n) is 10.5. The highest BCUT2D eigenvalue weighted by molar-refractivity contribution is 5.97. The molecule has 1 aromatic rings. The number of hydrogen-bond acceptors (Lipinski definition) is 5. The summed E-state index contributed by atoms with van der Waals surface area (Å²) in [6.45, 7) is 0.630. The summed E-state index contributed by atoms with van der Waals surface area (Å²) in [6.07, 6.45) is 0. The number of carbonyl (C=O) groups excluding carboxylic acids is 1. The number of amides is 1. The van der Waals surface area contributed by atoms with E-state index >= 15 is 0 Å². The average Bonchev–Trinajstić information content (AvgIpc) is 2.31. The molecule has 18 heavy (non-hydrogen) atoms. The maximum absolute atomic E-state index is 12.0. The zero-order valence-corrected chi connectivity index (χ0v) is 10.5. The summed E-state index contributed by atoms with van der Waals surface area (Å²) < 4.78 is 4.88. The number of nitrogens with zero attached hydrogens (tertiary/aromatic N) is 1. The maximum Gasteiger partial charge on any atom is 0.257 e. The second-order valence-corrected chi connectivity index (χ2v) is 4.10. The first-order valence-corrected chi connectivity index (χ1v) is 5.47. The number of nitrogens with two attached hydrogens (primary N) is 1. The molecule has 1 unspecified atom stereocenters. The Bertz CT molecular complexity index is 423. The lowest BCUT2D eigenvalue weighted by molar-refractivity contribution is 0.0761. The highest BCUT2D eigenvalue weighted by Gasteiger charge is 2.18. The molecule has 6 nitrogen and oxygen atoms in total. The molecule has 100 valence electrons. The van der Waals surface area contributed by atoms with Gasteiger partial charge in [-0.1, -0.05) is 0 Å². The van der Waals surface area contributed by atoms with E-state index in [1.807, 2.05) is 0 Å². The van der Waals surface area contributed by atoms with E-state index in [0.717, 1.165) is 0 Å². The van der Waals surface area contributed by atoms with Crippen molar-refractivity contribution in [1.29, 1.82) is 0 Å². The number of phenols is 2. The summed E-state index contributed by atoms with van der Waals surface area (Å²) in [5.74, 6) is -0.661. The van der Waals surface area contributed by atoms with Gasteiger partial charge in [-0.15, -0.1) is 0 Å². The van der Waals surface area contributed by atoms with Gasteiger partial charge >= 0.3 is 0 Å². The summed E-state index contributed by atoms with van der Waals surface area (Å²) in [5, 5.41) is 18.9. The van der Waals surface area contributed by atoms with E-state index in [1.54, 1.807) is 7.05 Å². The zero-order chi connectivity index (χ0) is 13.7. The van der Waals surface area contributed by atoms with Crippen LogP contribution in [0.5, 0.6) is 11.5 Å². The van der Waals surface area contributed by atoms with Gasteiger partial charge < -0.3 is 25.6 Å². The lowest BCUT2D eigenvalue weighted by Crippen LogP contribution is -2.41. The smallest absolute Gasteiger partial charge is 0.257 e. The minimum atomic E-state index is -0.407. The number of methoxy groups -OCH3 is 1. The van der Waals surface area contributed by atoms with Crippen LogP contribution in [0, 0.1) is 0 Å². The molecule has 1 atom stereocenters. The molecular formula is C12H18N2O4. The van der Waals surface area contributed by atoms with Gasteiger partial charge in [0.1, 0.15) is 11.5 Å². The Morgan fingerprint density at radius 3 is 2.78 bits per heavy atom. The third kappa shape index (κ3) is 3.61. The molecule has 1 rings (SSSR count). The van der Waals surface area contributed by atoms with E-state index in [2.05, 4.69) is 0 Å². The van der Waals surface area contributed by atoms with Crippen LogP contribution in [0.25, 0.3) is 0 Å². The Labute approximate surface area is 106 Å². The van der Waals surface area contributed by atoms with E-state index in [-0.39, 0.29) is 23.1 Å². The number of carbonyl (C=O) groups is 1. The number of phenolic OH excluding ortho intramolecular Hbond substituents is 2. The normalized spacial score (nSPS) is 12.2. The van der Waals surface area contributed by atoms with Crippen molar-refractivity contribution in [2.24, 2.45) is 5.73 Å². The monoisotopic (exact) mass is 254 g/mol. The van der Waals surface area contributed by atoms with Crippen molar-refractivity contribution < 1.29 is 19.7 Å². The van der Waals surface area contributed by atoms with Crippen LogP contribution in [0.15, 0.2) is 18.2 Å². The largest absolute Gasteiger partial charge is 0.508 e. The Morgan fingerprint density at radius 1 is 1.50 bits per heavy atom. The second-order valence-electron chi connectivity index (χ2n) is 4.10. The van der Waals surface area contributed by atoms with Crippen LogP contribution in [-0.2, 0) is 4.74 Å². The molecule has 0 heterocycles. The van der Waals surface area contributed by atoms with Gasteiger partial charge in [0.25, 0.3) is 5.91 Å². The highest BCUT2D eigenvalue weighted by Crippen LogP contribution is 2.23. The van der Waals surface area contributed by atoms with Crippen molar-refractivity contribution in [2.75, 3.05) is 27.3 Å². The van der Waals surface area contributed by atoms with Crippen molar-refractivity contribution in [3.63, 3.8) is 0 Å². The number of likely N-dealkylation sites (N-methyl/N-ethyl adjacent to an activating group) is 1. The number of rotatable bonds is 5. The average molecular weight is 254 g/mol. The molecule has 1 aromatic carbocycles.